The lowest BCUT2D eigenvalue weighted by Gasteiger charge is -2.13. The monoisotopic (exact) mass is 383 g/mol. The molecule has 0 unspecified atom stereocenters. The third-order valence-corrected chi connectivity index (χ3v) is 6.13. The van der Waals surface area contributed by atoms with Crippen LogP contribution >= 0.6 is 11.3 Å². The van der Waals surface area contributed by atoms with Crippen LogP contribution in [0.1, 0.15) is 11.1 Å². The van der Waals surface area contributed by atoms with Crippen LogP contribution in [-0.2, 0) is 15.6 Å². The summed E-state index contributed by atoms with van der Waals surface area (Å²) >= 11 is 1.62. The number of aromatic hydroxyl groups is 1. The second kappa shape index (κ2) is 6.07. The Morgan fingerprint density at radius 3 is 2.58 bits per heavy atom. The van der Waals surface area contributed by atoms with Gasteiger partial charge in [0.05, 0.1) is 16.0 Å². The maximum absolute atomic E-state index is 11.5. The number of phenolic OH excluding ortho intramolecular Hbond substituents is 1. The summed E-state index contributed by atoms with van der Waals surface area (Å²) in [5.74, 6) is 0.205. The summed E-state index contributed by atoms with van der Waals surface area (Å²) in [7, 11) is -3.08. The quantitative estimate of drug-likeness (QED) is 0.558. The molecule has 4 nitrogen and oxygen atoms in total. The highest BCUT2D eigenvalue weighted by atomic mass is 32.2. The Balaban J connectivity index is 1.98. The molecule has 1 N–H and O–H groups in total. The molecule has 0 amide bonds. The van der Waals surface area contributed by atoms with Crippen molar-refractivity contribution in [2.24, 2.45) is 0 Å². The van der Waals surface area contributed by atoms with Gasteiger partial charge < -0.3 is 5.11 Å². The second-order valence-corrected chi connectivity index (χ2v) is 9.62. The molecule has 0 atom stereocenters. The van der Waals surface area contributed by atoms with Crippen molar-refractivity contribution in [2.75, 3.05) is 6.26 Å². The molecule has 0 aliphatic rings. The molecule has 0 aliphatic heterocycles. The first-order valence-corrected chi connectivity index (χ1v) is 11.0. The topological polar surface area (TPSA) is 67.3 Å². The molecule has 0 fully saturated rings. The number of sulfone groups is 1. The third kappa shape index (κ3) is 2.95. The van der Waals surface area contributed by atoms with E-state index in [0.717, 1.165) is 43.2 Å². The Labute approximate surface area is 155 Å². The number of aryl methyl sites for hydroxylation is 1. The van der Waals surface area contributed by atoms with Crippen molar-refractivity contribution in [1.29, 1.82) is 0 Å². The van der Waals surface area contributed by atoms with Gasteiger partial charge in [-0.15, -0.1) is 11.3 Å². The Hall–Kier alpha value is -2.44. The van der Waals surface area contributed by atoms with Gasteiger partial charge in [-0.3, -0.25) is 4.98 Å². The number of hydrogen-bond donors (Lipinski definition) is 1. The van der Waals surface area contributed by atoms with Gasteiger partial charge >= 0.3 is 0 Å². The van der Waals surface area contributed by atoms with Crippen molar-refractivity contribution in [1.82, 2.24) is 4.98 Å². The first-order chi connectivity index (χ1) is 12.3. The van der Waals surface area contributed by atoms with Gasteiger partial charge in [-0.1, -0.05) is 24.3 Å². The average molecular weight is 383 g/mol. The Morgan fingerprint density at radius 1 is 1.15 bits per heavy atom. The van der Waals surface area contributed by atoms with Gasteiger partial charge in [-0.25, -0.2) is 8.42 Å². The standard InChI is InChI=1S/C20H17NO3S2/c1-12-9-16(22)18(14-5-3-13(4-6-14)11-26(2,23)24)19-15-7-8-25-17(15)10-21-20(12)19/h3-10,22H,11H2,1-2H3. The van der Waals surface area contributed by atoms with Crippen LogP contribution in [0.15, 0.2) is 48.0 Å². The van der Waals surface area contributed by atoms with E-state index in [1.165, 1.54) is 6.26 Å². The molecule has 4 rings (SSSR count). The first-order valence-electron chi connectivity index (χ1n) is 8.09. The third-order valence-electron chi connectivity index (χ3n) is 4.42. The summed E-state index contributed by atoms with van der Waals surface area (Å²) < 4.78 is 24.1. The number of rotatable bonds is 3. The molecular weight excluding hydrogens is 366 g/mol. The van der Waals surface area contributed by atoms with E-state index in [1.54, 1.807) is 29.5 Å². The van der Waals surface area contributed by atoms with Crippen molar-refractivity contribution in [3.8, 4) is 16.9 Å². The van der Waals surface area contributed by atoms with E-state index in [4.69, 9.17) is 0 Å². The molecule has 0 spiro atoms. The van der Waals surface area contributed by atoms with Crippen molar-refractivity contribution < 1.29 is 13.5 Å². The van der Waals surface area contributed by atoms with Crippen LogP contribution in [0.4, 0.5) is 0 Å². The number of nitrogens with zero attached hydrogens (tertiary/aromatic N) is 1. The van der Waals surface area contributed by atoms with Crippen LogP contribution < -0.4 is 0 Å². The lowest BCUT2D eigenvalue weighted by molar-refractivity contribution is 0.477. The normalized spacial score (nSPS) is 12.1. The van der Waals surface area contributed by atoms with Crippen LogP contribution in [0.2, 0.25) is 0 Å². The van der Waals surface area contributed by atoms with E-state index in [-0.39, 0.29) is 11.5 Å². The van der Waals surface area contributed by atoms with Gasteiger partial charge in [0, 0.05) is 28.8 Å². The number of phenols is 1. The van der Waals surface area contributed by atoms with Crippen molar-refractivity contribution in [3.05, 3.63) is 59.1 Å². The SMILES string of the molecule is Cc1cc(O)c(-c2ccc(CS(C)(=O)=O)cc2)c2c1ncc1sccc12. The van der Waals surface area contributed by atoms with E-state index in [2.05, 4.69) is 4.98 Å². The summed E-state index contributed by atoms with van der Waals surface area (Å²) in [5, 5.41) is 14.7. The number of fused-ring (bicyclic) bond motifs is 3. The highest BCUT2D eigenvalue weighted by Crippen LogP contribution is 2.41. The fourth-order valence-electron chi connectivity index (χ4n) is 3.33. The number of benzene rings is 2. The predicted octanol–water partition coefficient (Wildman–Crippen LogP) is 4.68. The Kier molecular flexibility index (Phi) is 3.97. The van der Waals surface area contributed by atoms with E-state index in [1.807, 2.05) is 36.7 Å². The van der Waals surface area contributed by atoms with Gasteiger partial charge in [-0.05, 0) is 41.1 Å². The fraction of sp³-hybridized carbons (Fsp3) is 0.150. The lowest BCUT2D eigenvalue weighted by atomic mass is 9.95. The maximum atomic E-state index is 11.5. The molecule has 0 saturated carbocycles. The summed E-state index contributed by atoms with van der Waals surface area (Å²) in [6.45, 7) is 1.94. The van der Waals surface area contributed by atoms with Crippen LogP contribution in [0, 0.1) is 6.92 Å². The van der Waals surface area contributed by atoms with E-state index in [0.29, 0.717) is 0 Å². The number of thiophene rings is 1. The molecule has 132 valence electrons. The highest BCUT2D eigenvalue weighted by Gasteiger charge is 2.16. The first kappa shape index (κ1) is 17.0. The van der Waals surface area contributed by atoms with Gasteiger partial charge in [0.25, 0.3) is 0 Å². The zero-order chi connectivity index (χ0) is 18.5. The van der Waals surface area contributed by atoms with Crippen LogP contribution in [-0.4, -0.2) is 24.8 Å². The molecule has 2 aromatic heterocycles. The van der Waals surface area contributed by atoms with Gasteiger partial charge in [0.1, 0.15) is 5.75 Å². The lowest BCUT2D eigenvalue weighted by Crippen LogP contribution is -2.00. The van der Waals surface area contributed by atoms with Gasteiger partial charge in [0.2, 0.25) is 0 Å². The van der Waals surface area contributed by atoms with E-state index >= 15 is 0 Å². The van der Waals surface area contributed by atoms with E-state index < -0.39 is 9.84 Å². The minimum Gasteiger partial charge on any atom is -0.507 e. The average Bonchev–Trinajstić information content (AvgIpc) is 3.03. The molecule has 4 aromatic rings. The number of pyridine rings is 1. The van der Waals surface area contributed by atoms with Crippen LogP contribution in [0.25, 0.3) is 32.1 Å². The number of hydrogen-bond acceptors (Lipinski definition) is 5. The zero-order valence-corrected chi connectivity index (χ0v) is 16.0. The van der Waals surface area contributed by atoms with Gasteiger partial charge in [0.15, 0.2) is 9.84 Å². The summed E-state index contributed by atoms with van der Waals surface area (Å²) in [6.07, 6.45) is 3.09. The minimum atomic E-state index is -3.08. The van der Waals surface area contributed by atoms with Gasteiger partial charge in [-0.2, -0.15) is 0 Å². The highest BCUT2D eigenvalue weighted by molar-refractivity contribution is 7.89. The maximum Gasteiger partial charge on any atom is 0.151 e. The number of aromatic nitrogens is 1. The summed E-state index contributed by atoms with van der Waals surface area (Å²) in [5.41, 5.74) is 4.08. The summed E-state index contributed by atoms with van der Waals surface area (Å²) in [6, 6.07) is 11.1. The van der Waals surface area contributed by atoms with Crippen molar-refractivity contribution in [3.63, 3.8) is 0 Å². The molecule has 0 radical (unpaired) electrons. The molecular formula is C20H17NO3S2. The molecule has 6 heteroatoms. The van der Waals surface area contributed by atoms with Crippen LogP contribution in [0.3, 0.4) is 0 Å². The fourth-order valence-corrected chi connectivity index (χ4v) is 4.89. The largest absolute Gasteiger partial charge is 0.507 e. The summed E-state index contributed by atoms with van der Waals surface area (Å²) in [4.78, 5) is 4.59. The minimum absolute atomic E-state index is 0.00421. The Bertz CT molecular complexity index is 1240. The van der Waals surface area contributed by atoms with E-state index in [9.17, 15) is 13.5 Å². The zero-order valence-electron chi connectivity index (χ0n) is 14.4. The van der Waals surface area contributed by atoms with Crippen LogP contribution in [0.5, 0.6) is 5.75 Å². The molecule has 2 heterocycles. The second-order valence-electron chi connectivity index (χ2n) is 6.53. The van der Waals surface area contributed by atoms with Crippen molar-refractivity contribution >= 4 is 42.2 Å². The molecule has 0 bridgehead atoms. The van der Waals surface area contributed by atoms with Crippen molar-refractivity contribution in [2.45, 2.75) is 12.7 Å². The molecule has 26 heavy (non-hydrogen) atoms. The smallest absolute Gasteiger partial charge is 0.151 e. The Morgan fingerprint density at radius 2 is 1.88 bits per heavy atom. The molecule has 2 aromatic carbocycles. The molecule has 0 saturated heterocycles. The molecule has 0 aliphatic carbocycles. The predicted molar refractivity (Wildman–Crippen MR) is 108 cm³/mol.